The molecule has 11 nitrogen and oxygen atoms in total. The molecule has 0 fully saturated rings. The molecule has 0 unspecified atom stereocenters. The van der Waals surface area contributed by atoms with Crippen molar-refractivity contribution in [2.75, 3.05) is 11.1 Å². The highest BCUT2D eigenvalue weighted by molar-refractivity contribution is 5.96. The number of nitrogen functional groups attached to an aromatic ring is 1. The number of carboxylic acids is 1. The molecule has 0 spiro atoms. The highest BCUT2D eigenvalue weighted by Gasteiger charge is 2.18. The Bertz CT molecular complexity index is 1110. The molecule has 0 saturated heterocycles. The number of aliphatic carboxylic acids is 1. The Morgan fingerprint density at radius 1 is 1.24 bits per heavy atom. The number of carboxylic acid groups (broad SMARTS) is 1. The molecule has 150 valence electrons. The smallest absolute Gasteiger partial charge is 0.326 e. The zero-order valence-electron chi connectivity index (χ0n) is 15.5. The first-order chi connectivity index (χ1) is 13.9. The van der Waals surface area contributed by atoms with Gasteiger partial charge in [-0.1, -0.05) is 6.92 Å². The molecule has 0 saturated carbocycles. The van der Waals surface area contributed by atoms with E-state index in [-0.39, 0.29) is 23.7 Å². The van der Waals surface area contributed by atoms with Crippen molar-refractivity contribution in [3.8, 4) is 0 Å². The maximum atomic E-state index is 12.1. The van der Waals surface area contributed by atoms with E-state index in [2.05, 4.69) is 30.6 Å². The average molecular weight is 397 g/mol. The third-order valence-corrected chi connectivity index (χ3v) is 4.12. The summed E-state index contributed by atoms with van der Waals surface area (Å²) in [5, 5.41) is 14.6. The van der Waals surface area contributed by atoms with Crippen LogP contribution in [-0.4, -0.2) is 43.0 Å². The molecular formula is C18H19N7O4. The van der Waals surface area contributed by atoms with E-state index in [4.69, 9.17) is 10.8 Å². The van der Waals surface area contributed by atoms with Gasteiger partial charge in [-0.3, -0.25) is 14.6 Å². The number of anilines is 2. The fraction of sp³-hybridized carbons (Fsp3) is 0.222. The van der Waals surface area contributed by atoms with Crippen molar-refractivity contribution >= 4 is 34.7 Å². The standard InChI is InChI=1S/C18H19N7O4/c1-2-12(17(28)29)23-15(26)9-3-5-10(6-4-9)20-7-11-8-21-14-13(22-11)16(27)25-18(19)24-14/h3-6,8,12,20H,2,7H2,1H3,(H,23,26)(H,28,29)(H3,19,21,24,25,27)/t12-/m1/s1. The van der Waals surface area contributed by atoms with Gasteiger partial charge in [0.2, 0.25) is 5.95 Å². The highest BCUT2D eigenvalue weighted by Crippen LogP contribution is 2.12. The van der Waals surface area contributed by atoms with Crippen LogP contribution in [0.25, 0.3) is 11.2 Å². The summed E-state index contributed by atoms with van der Waals surface area (Å²) in [5.41, 5.74) is 6.83. The molecule has 2 heterocycles. The third-order valence-electron chi connectivity index (χ3n) is 4.12. The van der Waals surface area contributed by atoms with Gasteiger partial charge in [0.1, 0.15) is 6.04 Å². The number of nitrogens with two attached hydrogens (primary N) is 1. The third kappa shape index (κ3) is 4.64. The maximum Gasteiger partial charge on any atom is 0.326 e. The number of benzene rings is 1. The van der Waals surface area contributed by atoms with Gasteiger partial charge in [-0.2, -0.15) is 4.98 Å². The molecule has 0 bridgehead atoms. The summed E-state index contributed by atoms with van der Waals surface area (Å²) in [4.78, 5) is 49.6. The van der Waals surface area contributed by atoms with Gasteiger partial charge < -0.3 is 21.5 Å². The van der Waals surface area contributed by atoms with Gasteiger partial charge in [0.25, 0.3) is 11.5 Å². The number of nitrogens with zero attached hydrogens (tertiary/aromatic N) is 3. The number of carbonyl (C=O) groups is 2. The van der Waals surface area contributed by atoms with Gasteiger partial charge >= 0.3 is 5.97 Å². The first-order valence-electron chi connectivity index (χ1n) is 8.76. The normalized spacial score (nSPS) is 11.8. The van der Waals surface area contributed by atoms with Gasteiger partial charge in [0, 0.05) is 11.3 Å². The van der Waals surface area contributed by atoms with Crippen molar-refractivity contribution < 1.29 is 14.7 Å². The average Bonchev–Trinajstić information content (AvgIpc) is 2.70. The zero-order chi connectivity index (χ0) is 21.0. The van der Waals surface area contributed by atoms with Crippen LogP contribution in [0.1, 0.15) is 29.4 Å². The molecule has 3 aromatic rings. The predicted octanol–water partition coefficient (Wildman–Crippen LogP) is 0.500. The Balaban J connectivity index is 1.66. The number of aromatic amines is 1. The van der Waals surface area contributed by atoms with E-state index < -0.39 is 23.5 Å². The number of carbonyl (C=O) groups excluding carboxylic acids is 1. The number of hydrogen-bond acceptors (Lipinski definition) is 8. The van der Waals surface area contributed by atoms with Crippen molar-refractivity contribution in [2.45, 2.75) is 25.9 Å². The monoisotopic (exact) mass is 397 g/mol. The highest BCUT2D eigenvalue weighted by atomic mass is 16.4. The van der Waals surface area contributed by atoms with Crippen molar-refractivity contribution in [1.29, 1.82) is 0 Å². The minimum Gasteiger partial charge on any atom is -0.480 e. The zero-order valence-corrected chi connectivity index (χ0v) is 15.5. The fourth-order valence-corrected chi connectivity index (χ4v) is 2.57. The Morgan fingerprint density at radius 2 is 1.97 bits per heavy atom. The topological polar surface area (TPSA) is 176 Å². The van der Waals surface area contributed by atoms with E-state index in [0.717, 1.165) is 0 Å². The predicted molar refractivity (Wildman–Crippen MR) is 105 cm³/mol. The summed E-state index contributed by atoms with van der Waals surface area (Å²) in [5.74, 6) is -1.56. The van der Waals surface area contributed by atoms with Gasteiger partial charge in [-0.05, 0) is 30.7 Å². The first-order valence-corrected chi connectivity index (χ1v) is 8.76. The number of fused-ring (bicyclic) bond motifs is 1. The summed E-state index contributed by atoms with van der Waals surface area (Å²) in [6.07, 6.45) is 1.78. The minimum atomic E-state index is -1.08. The van der Waals surface area contributed by atoms with Crippen LogP contribution in [0.3, 0.4) is 0 Å². The van der Waals surface area contributed by atoms with Gasteiger partial charge in [0.15, 0.2) is 11.2 Å². The van der Waals surface area contributed by atoms with Crippen LogP contribution in [-0.2, 0) is 11.3 Å². The van der Waals surface area contributed by atoms with E-state index >= 15 is 0 Å². The van der Waals surface area contributed by atoms with E-state index in [0.29, 0.717) is 23.4 Å². The number of amides is 1. The second-order valence-corrected chi connectivity index (χ2v) is 6.19. The lowest BCUT2D eigenvalue weighted by atomic mass is 10.1. The molecule has 6 N–H and O–H groups in total. The number of nitrogens with one attached hydrogen (secondary N) is 3. The van der Waals surface area contributed by atoms with Crippen molar-refractivity contribution in [3.63, 3.8) is 0 Å². The summed E-state index contributed by atoms with van der Waals surface area (Å²) in [6, 6.07) is 5.59. The Hall–Kier alpha value is -4.02. The van der Waals surface area contributed by atoms with Crippen LogP contribution < -0.4 is 21.9 Å². The molecular weight excluding hydrogens is 378 g/mol. The maximum absolute atomic E-state index is 12.1. The number of aromatic nitrogens is 4. The molecule has 1 atom stereocenters. The quantitative estimate of drug-likeness (QED) is 0.380. The minimum absolute atomic E-state index is 0.0274. The van der Waals surface area contributed by atoms with Crippen molar-refractivity contribution in [2.24, 2.45) is 0 Å². The second-order valence-electron chi connectivity index (χ2n) is 6.19. The second kappa shape index (κ2) is 8.33. The van der Waals surface area contributed by atoms with E-state index in [1.54, 1.807) is 31.2 Å². The molecule has 1 amide bonds. The first kappa shape index (κ1) is 19.7. The largest absolute Gasteiger partial charge is 0.480 e. The molecule has 0 radical (unpaired) electrons. The van der Waals surface area contributed by atoms with E-state index in [1.807, 2.05) is 0 Å². The molecule has 0 aliphatic rings. The van der Waals surface area contributed by atoms with E-state index in [1.165, 1.54) is 6.20 Å². The lowest BCUT2D eigenvalue weighted by Crippen LogP contribution is -2.40. The molecule has 29 heavy (non-hydrogen) atoms. The Kier molecular flexibility index (Phi) is 5.67. The molecule has 3 rings (SSSR count). The van der Waals surface area contributed by atoms with Gasteiger partial charge in [-0.15, -0.1) is 0 Å². The summed E-state index contributed by atoms with van der Waals surface area (Å²) >= 11 is 0. The Labute approximate surface area is 164 Å². The molecule has 0 aliphatic carbocycles. The number of H-pyrrole nitrogens is 1. The van der Waals surface area contributed by atoms with Crippen molar-refractivity contribution in [1.82, 2.24) is 25.3 Å². The number of rotatable bonds is 7. The summed E-state index contributed by atoms with van der Waals surface area (Å²) in [6.45, 7) is 1.97. The molecule has 11 heteroatoms. The SMILES string of the molecule is CC[C@@H](NC(=O)c1ccc(NCc2cnc3nc(N)[nH]c(=O)c3n2)cc1)C(=O)O. The molecule has 1 aromatic carbocycles. The molecule has 2 aromatic heterocycles. The Morgan fingerprint density at radius 3 is 2.62 bits per heavy atom. The van der Waals surface area contributed by atoms with Crippen LogP contribution in [0, 0.1) is 0 Å². The van der Waals surface area contributed by atoms with Gasteiger partial charge in [0.05, 0.1) is 18.4 Å². The van der Waals surface area contributed by atoms with Crippen molar-refractivity contribution in [3.05, 3.63) is 52.1 Å². The van der Waals surface area contributed by atoms with Crippen LogP contribution in [0.5, 0.6) is 0 Å². The molecule has 0 aliphatic heterocycles. The van der Waals surface area contributed by atoms with Crippen LogP contribution in [0.15, 0.2) is 35.3 Å². The van der Waals surface area contributed by atoms with Crippen LogP contribution in [0.2, 0.25) is 0 Å². The fourth-order valence-electron chi connectivity index (χ4n) is 2.57. The summed E-state index contributed by atoms with van der Waals surface area (Å²) in [7, 11) is 0. The summed E-state index contributed by atoms with van der Waals surface area (Å²) < 4.78 is 0. The lowest BCUT2D eigenvalue weighted by molar-refractivity contribution is -0.139. The van der Waals surface area contributed by atoms with E-state index in [9.17, 15) is 14.4 Å². The van der Waals surface area contributed by atoms with Crippen LogP contribution in [0.4, 0.5) is 11.6 Å². The number of hydrogen-bond donors (Lipinski definition) is 5. The lowest BCUT2D eigenvalue weighted by Gasteiger charge is -2.12. The van der Waals surface area contributed by atoms with Crippen LogP contribution >= 0.6 is 0 Å². The van der Waals surface area contributed by atoms with Gasteiger partial charge in [-0.25, -0.2) is 14.8 Å².